The van der Waals surface area contributed by atoms with Gasteiger partial charge in [0.1, 0.15) is 18.3 Å². The number of carbonyl (C=O) groups excluding carboxylic acids is 3. The minimum atomic E-state index is -0.712. The third-order valence-electron chi connectivity index (χ3n) is 3.75. The number of amides is 4. The Labute approximate surface area is 148 Å². The SMILES string of the molecule is Cc1cc(NC(=O)CN2C(=O)C(C)N(c3ccc(Cl)cc3)C2=O)no1. The molecule has 1 unspecified atom stereocenters. The van der Waals surface area contributed by atoms with Crippen molar-refractivity contribution in [2.24, 2.45) is 0 Å². The summed E-state index contributed by atoms with van der Waals surface area (Å²) in [7, 11) is 0. The van der Waals surface area contributed by atoms with Crippen LogP contribution < -0.4 is 10.2 Å². The maximum atomic E-state index is 12.6. The van der Waals surface area contributed by atoms with E-state index in [9.17, 15) is 14.4 Å². The van der Waals surface area contributed by atoms with Crippen LogP contribution in [0.2, 0.25) is 5.02 Å². The van der Waals surface area contributed by atoms with Gasteiger partial charge in [-0.15, -0.1) is 0 Å². The molecule has 0 spiro atoms. The smallest absolute Gasteiger partial charge is 0.332 e. The first-order valence-electron chi connectivity index (χ1n) is 7.50. The van der Waals surface area contributed by atoms with Crippen LogP contribution in [0.5, 0.6) is 0 Å². The second kappa shape index (κ2) is 6.56. The van der Waals surface area contributed by atoms with Gasteiger partial charge in [0.05, 0.1) is 0 Å². The summed E-state index contributed by atoms with van der Waals surface area (Å²) in [4.78, 5) is 39.3. The number of anilines is 2. The minimum absolute atomic E-state index is 0.226. The van der Waals surface area contributed by atoms with Crippen molar-refractivity contribution in [1.82, 2.24) is 10.1 Å². The van der Waals surface area contributed by atoms with Crippen LogP contribution in [0.4, 0.5) is 16.3 Å². The lowest BCUT2D eigenvalue weighted by Gasteiger charge is -2.19. The molecule has 2 heterocycles. The number of carbonyl (C=O) groups is 3. The van der Waals surface area contributed by atoms with Gasteiger partial charge in [-0.3, -0.25) is 19.4 Å². The van der Waals surface area contributed by atoms with E-state index in [1.54, 1.807) is 38.1 Å². The lowest BCUT2D eigenvalue weighted by molar-refractivity contribution is -0.130. The van der Waals surface area contributed by atoms with Gasteiger partial charge in [0, 0.05) is 16.8 Å². The van der Waals surface area contributed by atoms with Crippen molar-refractivity contribution < 1.29 is 18.9 Å². The number of hydrogen-bond acceptors (Lipinski definition) is 5. The molecule has 0 bridgehead atoms. The van der Waals surface area contributed by atoms with E-state index in [2.05, 4.69) is 10.5 Å². The van der Waals surface area contributed by atoms with Gasteiger partial charge in [0.25, 0.3) is 5.91 Å². The number of aryl methyl sites for hydroxylation is 1. The molecule has 0 radical (unpaired) electrons. The quantitative estimate of drug-likeness (QED) is 0.843. The third-order valence-corrected chi connectivity index (χ3v) is 4.00. The zero-order valence-corrected chi connectivity index (χ0v) is 14.3. The summed E-state index contributed by atoms with van der Waals surface area (Å²) in [6, 6.07) is 6.81. The molecule has 1 saturated heterocycles. The maximum absolute atomic E-state index is 12.6. The molecule has 8 nitrogen and oxygen atoms in total. The Balaban J connectivity index is 1.73. The summed E-state index contributed by atoms with van der Waals surface area (Å²) >= 11 is 5.85. The van der Waals surface area contributed by atoms with Crippen molar-refractivity contribution in [2.75, 3.05) is 16.8 Å². The second-order valence-electron chi connectivity index (χ2n) is 5.60. The second-order valence-corrected chi connectivity index (χ2v) is 6.04. The number of hydrogen-bond donors (Lipinski definition) is 1. The summed E-state index contributed by atoms with van der Waals surface area (Å²) in [6.07, 6.45) is 0. The highest BCUT2D eigenvalue weighted by atomic mass is 35.5. The fourth-order valence-electron chi connectivity index (χ4n) is 2.56. The van der Waals surface area contributed by atoms with Crippen LogP contribution in [-0.2, 0) is 9.59 Å². The molecule has 25 heavy (non-hydrogen) atoms. The van der Waals surface area contributed by atoms with Crippen LogP contribution in [0, 0.1) is 6.92 Å². The highest BCUT2D eigenvalue weighted by Gasteiger charge is 2.44. The van der Waals surface area contributed by atoms with Crippen molar-refractivity contribution in [2.45, 2.75) is 19.9 Å². The van der Waals surface area contributed by atoms with E-state index in [-0.39, 0.29) is 5.82 Å². The fraction of sp³-hybridized carbons (Fsp3) is 0.250. The Bertz CT molecular complexity index is 833. The summed E-state index contributed by atoms with van der Waals surface area (Å²) in [5, 5.41) is 6.64. The van der Waals surface area contributed by atoms with E-state index in [1.165, 1.54) is 11.0 Å². The first kappa shape index (κ1) is 17.0. The van der Waals surface area contributed by atoms with Crippen molar-refractivity contribution in [3.05, 3.63) is 41.1 Å². The lowest BCUT2D eigenvalue weighted by Crippen LogP contribution is -2.39. The van der Waals surface area contributed by atoms with E-state index < -0.39 is 30.4 Å². The number of aromatic nitrogens is 1. The largest absolute Gasteiger partial charge is 0.360 e. The lowest BCUT2D eigenvalue weighted by atomic mass is 10.2. The van der Waals surface area contributed by atoms with Crippen LogP contribution >= 0.6 is 11.6 Å². The molecular formula is C16H15ClN4O4. The first-order chi connectivity index (χ1) is 11.9. The standard InChI is InChI=1S/C16H15ClN4O4/c1-9-7-13(19-25-9)18-14(22)8-20-15(23)10(2)21(16(20)24)12-5-3-11(17)4-6-12/h3-7,10H,8H2,1-2H3,(H,18,19,22). The highest BCUT2D eigenvalue weighted by Crippen LogP contribution is 2.26. The van der Waals surface area contributed by atoms with Crippen LogP contribution in [0.1, 0.15) is 12.7 Å². The average molecular weight is 363 g/mol. The predicted molar refractivity (Wildman–Crippen MR) is 90.4 cm³/mol. The molecule has 1 aliphatic heterocycles. The molecule has 1 aromatic heterocycles. The number of nitrogens with zero attached hydrogens (tertiary/aromatic N) is 3. The van der Waals surface area contributed by atoms with Gasteiger partial charge in [-0.2, -0.15) is 0 Å². The van der Waals surface area contributed by atoms with Gasteiger partial charge in [-0.05, 0) is 38.1 Å². The Morgan fingerprint density at radius 2 is 2.00 bits per heavy atom. The monoisotopic (exact) mass is 362 g/mol. The fourth-order valence-corrected chi connectivity index (χ4v) is 2.68. The van der Waals surface area contributed by atoms with Crippen LogP contribution in [-0.4, -0.2) is 40.5 Å². The number of halogens is 1. The van der Waals surface area contributed by atoms with E-state index in [1.807, 2.05) is 0 Å². The summed E-state index contributed by atoms with van der Waals surface area (Å²) in [5.41, 5.74) is 0.533. The molecule has 1 atom stereocenters. The molecular weight excluding hydrogens is 348 g/mol. The van der Waals surface area contributed by atoms with Crippen LogP contribution in [0.3, 0.4) is 0 Å². The number of benzene rings is 1. The zero-order chi connectivity index (χ0) is 18.1. The predicted octanol–water partition coefficient (Wildman–Crippen LogP) is 2.43. The van der Waals surface area contributed by atoms with Crippen LogP contribution in [0.25, 0.3) is 0 Å². The number of urea groups is 1. The molecule has 1 N–H and O–H groups in total. The number of nitrogens with one attached hydrogen (secondary N) is 1. The Morgan fingerprint density at radius 3 is 2.60 bits per heavy atom. The van der Waals surface area contributed by atoms with Gasteiger partial charge >= 0.3 is 6.03 Å². The van der Waals surface area contributed by atoms with Gasteiger partial charge in [-0.25, -0.2) is 4.79 Å². The van der Waals surface area contributed by atoms with Crippen molar-refractivity contribution in [1.29, 1.82) is 0 Å². The number of imide groups is 1. The zero-order valence-electron chi connectivity index (χ0n) is 13.5. The highest BCUT2D eigenvalue weighted by molar-refractivity contribution is 6.30. The molecule has 130 valence electrons. The van der Waals surface area contributed by atoms with Crippen LogP contribution in [0.15, 0.2) is 34.9 Å². The summed E-state index contributed by atoms with van der Waals surface area (Å²) in [5.74, 6) is -0.234. The van der Waals surface area contributed by atoms with E-state index in [0.29, 0.717) is 16.5 Å². The normalized spacial score (nSPS) is 17.3. The Kier molecular flexibility index (Phi) is 4.45. The van der Waals surface area contributed by atoms with Gasteiger partial charge in [0.15, 0.2) is 5.82 Å². The molecule has 1 aromatic carbocycles. The van der Waals surface area contributed by atoms with Crippen molar-refractivity contribution >= 4 is 41.0 Å². The van der Waals surface area contributed by atoms with E-state index in [0.717, 1.165) is 4.90 Å². The molecule has 3 rings (SSSR count). The summed E-state index contributed by atoms with van der Waals surface area (Å²) in [6.45, 7) is 2.88. The molecule has 9 heteroatoms. The van der Waals surface area contributed by atoms with E-state index >= 15 is 0 Å². The minimum Gasteiger partial charge on any atom is -0.360 e. The van der Waals surface area contributed by atoms with Gasteiger partial charge < -0.3 is 9.84 Å². The molecule has 0 aliphatic carbocycles. The number of rotatable bonds is 4. The van der Waals surface area contributed by atoms with Gasteiger partial charge in [-0.1, -0.05) is 16.8 Å². The molecule has 0 saturated carbocycles. The summed E-state index contributed by atoms with van der Waals surface area (Å²) < 4.78 is 4.85. The molecule has 1 fully saturated rings. The van der Waals surface area contributed by atoms with Crippen molar-refractivity contribution in [3.8, 4) is 0 Å². The van der Waals surface area contributed by atoms with Crippen molar-refractivity contribution in [3.63, 3.8) is 0 Å². The molecule has 2 aromatic rings. The first-order valence-corrected chi connectivity index (χ1v) is 7.88. The topological polar surface area (TPSA) is 95.8 Å². The molecule has 4 amide bonds. The Hall–Kier alpha value is -2.87. The van der Waals surface area contributed by atoms with E-state index in [4.69, 9.17) is 16.1 Å². The van der Waals surface area contributed by atoms with Gasteiger partial charge in [0.2, 0.25) is 5.91 Å². The Morgan fingerprint density at radius 1 is 1.32 bits per heavy atom. The maximum Gasteiger partial charge on any atom is 0.332 e. The third kappa shape index (κ3) is 3.34. The average Bonchev–Trinajstić information content (AvgIpc) is 3.06. The molecule has 1 aliphatic rings.